The van der Waals surface area contributed by atoms with E-state index in [-0.39, 0.29) is 0 Å². The molecule has 84 valence electrons. The summed E-state index contributed by atoms with van der Waals surface area (Å²) in [6, 6.07) is 5.69. The van der Waals surface area contributed by atoms with Gasteiger partial charge in [0, 0.05) is 32.2 Å². The molecule has 0 aliphatic heterocycles. The Balaban J connectivity index is 2.26. The van der Waals surface area contributed by atoms with Gasteiger partial charge >= 0.3 is 0 Å². The van der Waals surface area contributed by atoms with Crippen LogP contribution in [0.4, 0.5) is 0 Å². The number of pyridine rings is 1. The molecule has 2 aromatic rings. The van der Waals surface area contributed by atoms with Gasteiger partial charge in [0.2, 0.25) is 0 Å². The average Bonchev–Trinajstić information content (AvgIpc) is 2.81. The summed E-state index contributed by atoms with van der Waals surface area (Å²) in [5.74, 6) is 0. The van der Waals surface area contributed by atoms with Crippen LogP contribution in [-0.2, 0) is 9.47 Å². The van der Waals surface area contributed by atoms with Crippen LogP contribution < -0.4 is 0 Å². The minimum Gasteiger partial charge on any atom is -0.350 e. The van der Waals surface area contributed by atoms with Gasteiger partial charge in [-0.25, -0.2) is 0 Å². The van der Waals surface area contributed by atoms with E-state index in [2.05, 4.69) is 15.2 Å². The van der Waals surface area contributed by atoms with Gasteiger partial charge < -0.3 is 9.47 Å². The highest BCUT2D eigenvalue weighted by molar-refractivity contribution is 5.58. The summed E-state index contributed by atoms with van der Waals surface area (Å²) >= 11 is 0. The molecule has 0 bridgehead atoms. The molecule has 2 aromatic heterocycles. The third-order valence-electron chi connectivity index (χ3n) is 2.26. The first-order valence-electron chi connectivity index (χ1n) is 4.86. The number of rotatable bonds is 4. The fourth-order valence-electron chi connectivity index (χ4n) is 1.48. The summed E-state index contributed by atoms with van der Waals surface area (Å²) in [6.45, 7) is 0. The van der Waals surface area contributed by atoms with E-state index < -0.39 is 6.29 Å². The number of H-pyrrole nitrogens is 1. The number of nitrogens with one attached hydrogen (secondary N) is 1. The molecule has 0 aromatic carbocycles. The second kappa shape index (κ2) is 4.87. The van der Waals surface area contributed by atoms with E-state index in [9.17, 15) is 0 Å². The van der Waals surface area contributed by atoms with Gasteiger partial charge in [0.15, 0.2) is 6.29 Å². The van der Waals surface area contributed by atoms with Gasteiger partial charge in [0.05, 0.1) is 11.4 Å². The monoisotopic (exact) mass is 219 g/mol. The van der Waals surface area contributed by atoms with Crippen molar-refractivity contribution in [2.24, 2.45) is 0 Å². The molecule has 5 nitrogen and oxygen atoms in total. The lowest BCUT2D eigenvalue weighted by Crippen LogP contribution is -2.03. The molecular formula is C11H13N3O2. The van der Waals surface area contributed by atoms with E-state index in [1.807, 2.05) is 18.2 Å². The number of aromatic nitrogens is 3. The predicted octanol–water partition coefficient (Wildman–Crippen LogP) is 1.76. The van der Waals surface area contributed by atoms with E-state index in [0.29, 0.717) is 0 Å². The van der Waals surface area contributed by atoms with Crippen LogP contribution >= 0.6 is 0 Å². The first-order chi connectivity index (χ1) is 7.85. The topological polar surface area (TPSA) is 60.0 Å². The molecular weight excluding hydrogens is 206 g/mol. The smallest absolute Gasteiger partial charge is 0.199 e. The van der Waals surface area contributed by atoms with Crippen molar-refractivity contribution in [3.05, 3.63) is 36.3 Å². The van der Waals surface area contributed by atoms with Crippen LogP contribution in [0, 0.1) is 0 Å². The lowest BCUT2D eigenvalue weighted by atomic mass is 10.2. The Bertz CT molecular complexity index is 438. The quantitative estimate of drug-likeness (QED) is 0.796. The molecule has 0 atom stereocenters. The average molecular weight is 219 g/mol. The van der Waals surface area contributed by atoms with Crippen molar-refractivity contribution >= 4 is 0 Å². The Morgan fingerprint density at radius 2 is 1.88 bits per heavy atom. The van der Waals surface area contributed by atoms with Crippen LogP contribution in [0.3, 0.4) is 0 Å². The number of hydrogen-bond donors (Lipinski definition) is 1. The van der Waals surface area contributed by atoms with Crippen molar-refractivity contribution in [3.63, 3.8) is 0 Å². The van der Waals surface area contributed by atoms with Gasteiger partial charge in [-0.15, -0.1) is 0 Å². The van der Waals surface area contributed by atoms with Crippen LogP contribution in [0.2, 0.25) is 0 Å². The Morgan fingerprint density at radius 3 is 2.50 bits per heavy atom. The maximum Gasteiger partial charge on any atom is 0.199 e. The number of aromatic amines is 1. The van der Waals surface area contributed by atoms with Gasteiger partial charge in [0.1, 0.15) is 0 Å². The van der Waals surface area contributed by atoms with Gasteiger partial charge in [-0.2, -0.15) is 5.10 Å². The summed E-state index contributed by atoms with van der Waals surface area (Å²) in [7, 11) is 3.17. The largest absolute Gasteiger partial charge is 0.350 e. The number of hydrogen-bond acceptors (Lipinski definition) is 4. The predicted molar refractivity (Wildman–Crippen MR) is 58.6 cm³/mol. The SMILES string of the molecule is COC(OC)c1cc(-c2ccncc2)n[nH]1. The van der Waals surface area contributed by atoms with Crippen LogP contribution in [0.25, 0.3) is 11.3 Å². The molecule has 0 saturated carbocycles. The van der Waals surface area contributed by atoms with Crippen molar-refractivity contribution in [3.8, 4) is 11.3 Å². The molecule has 0 aliphatic rings. The van der Waals surface area contributed by atoms with Gasteiger partial charge in [-0.05, 0) is 18.2 Å². The molecule has 1 N–H and O–H groups in total. The Morgan fingerprint density at radius 1 is 1.19 bits per heavy atom. The highest BCUT2D eigenvalue weighted by atomic mass is 16.7. The summed E-state index contributed by atoms with van der Waals surface area (Å²) in [5.41, 5.74) is 2.64. The molecule has 0 radical (unpaired) electrons. The fraction of sp³-hybridized carbons (Fsp3) is 0.273. The van der Waals surface area contributed by atoms with E-state index in [0.717, 1.165) is 17.0 Å². The molecule has 2 rings (SSSR count). The number of methoxy groups -OCH3 is 2. The molecule has 5 heteroatoms. The van der Waals surface area contributed by atoms with Gasteiger partial charge in [-0.1, -0.05) is 0 Å². The minimum absolute atomic E-state index is 0.414. The Hall–Kier alpha value is -1.72. The standard InChI is InChI=1S/C11H13N3O2/c1-15-11(16-2)10-7-9(13-14-10)8-3-5-12-6-4-8/h3-7,11H,1-2H3,(H,13,14). The maximum atomic E-state index is 5.13. The molecule has 16 heavy (non-hydrogen) atoms. The molecule has 2 heterocycles. The highest BCUT2D eigenvalue weighted by Gasteiger charge is 2.12. The lowest BCUT2D eigenvalue weighted by molar-refractivity contribution is -0.108. The number of nitrogens with zero attached hydrogens (tertiary/aromatic N) is 2. The molecule has 0 unspecified atom stereocenters. The zero-order valence-electron chi connectivity index (χ0n) is 9.18. The zero-order chi connectivity index (χ0) is 11.4. The van der Waals surface area contributed by atoms with Gasteiger partial charge in [-0.3, -0.25) is 10.1 Å². The zero-order valence-corrected chi connectivity index (χ0v) is 9.18. The van der Waals surface area contributed by atoms with E-state index in [1.54, 1.807) is 26.6 Å². The second-order valence-electron chi connectivity index (χ2n) is 3.25. The third kappa shape index (κ3) is 2.10. The second-order valence-corrected chi connectivity index (χ2v) is 3.25. The Labute approximate surface area is 93.4 Å². The van der Waals surface area contributed by atoms with Crippen LogP contribution in [0.15, 0.2) is 30.6 Å². The van der Waals surface area contributed by atoms with E-state index in [1.165, 1.54) is 0 Å². The molecule has 0 saturated heterocycles. The first kappa shape index (κ1) is 10.8. The molecule has 0 aliphatic carbocycles. The Kier molecular flexibility index (Phi) is 3.28. The summed E-state index contributed by atoms with van der Waals surface area (Å²) < 4.78 is 10.3. The fourth-order valence-corrected chi connectivity index (χ4v) is 1.48. The summed E-state index contributed by atoms with van der Waals surface area (Å²) in [4.78, 5) is 3.96. The third-order valence-corrected chi connectivity index (χ3v) is 2.26. The molecule has 0 spiro atoms. The highest BCUT2D eigenvalue weighted by Crippen LogP contribution is 2.21. The normalized spacial score (nSPS) is 10.9. The van der Waals surface area contributed by atoms with Crippen molar-refractivity contribution in [2.75, 3.05) is 14.2 Å². The van der Waals surface area contributed by atoms with Crippen molar-refractivity contribution in [1.82, 2.24) is 15.2 Å². The summed E-state index contributed by atoms with van der Waals surface area (Å²) in [6.07, 6.45) is 3.05. The van der Waals surface area contributed by atoms with Crippen LogP contribution in [0.5, 0.6) is 0 Å². The van der Waals surface area contributed by atoms with Crippen molar-refractivity contribution in [1.29, 1.82) is 0 Å². The maximum absolute atomic E-state index is 5.13. The van der Waals surface area contributed by atoms with E-state index in [4.69, 9.17) is 9.47 Å². The van der Waals surface area contributed by atoms with Gasteiger partial charge in [0.25, 0.3) is 0 Å². The van der Waals surface area contributed by atoms with Crippen molar-refractivity contribution < 1.29 is 9.47 Å². The lowest BCUT2D eigenvalue weighted by Gasteiger charge is -2.09. The summed E-state index contributed by atoms with van der Waals surface area (Å²) in [5, 5.41) is 7.08. The van der Waals surface area contributed by atoms with Crippen molar-refractivity contribution in [2.45, 2.75) is 6.29 Å². The molecule has 0 fully saturated rings. The first-order valence-corrected chi connectivity index (χ1v) is 4.86. The number of ether oxygens (including phenoxy) is 2. The van der Waals surface area contributed by atoms with Crippen LogP contribution in [-0.4, -0.2) is 29.4 Å². The molecule has 0 amide bonds. The minimum atomic E-state index is -0.414. The van der Waals surface area contributed by atoms with E-state index >= 15 is 0 Å². The van der Waals surface area contributed by atoms with Crippen LogP contribution in [0.1, 0.15) is 12.0 Å².